The first-order valence-corrected chi connectivity index (χ1v) is 4.43. The molecule has 4 heteroatoms. The highest BCUT2D eigenvalue weighted by Crippen LogP contribution is 1.99. The number of carbonyl (C=O) groups is 1. The molecule has 2 atom stereocenters. The largest absolute Gasteiger partial charge is 0.343 e. The lowest BCUT2D eigenvalue weighted by molar-refractivity contribution is -0.131. The van der Waals surface area contributed by atoms with Crippen LogP contribution in [0.2, 0.25) is 0 Å². The van der Waals surface area contributed by atoms with Crippen LogP contribution in [0.15, 0.2) is 0 Å². The van der Waals surface area contributed by atoms with Crippen molar-refractivity contribution in [1.29, 1.82) is 5.26 Å². The van der Waals surface area contributed by atoms with E-state index in [4.69, 9.17) is 11.0 Å². The Balaban J connectivity index is 4.05. The Labute approximate surface area is 79.3 Å². The minimum atomic E-state index is -0.434. The summed E-state index contributed by atoms with van der Waals surface area (Å²) in [5.41, 5.74) is 5.56. The van der Waals surface area contributed by atoms with Gasteiger partial charge in [-0.3, -0.25) is 4.79 Å². The Kier molecular flexibility index (Phi) is 5.09. The average Bonchev–Trinajstić information content (AvgIpc) is 2.14. The van der Waals surface area contributed by atoms with Gasteiger partial charge < -0.3 is 10.6 Å². The van der Waals surface area contributed by atoms with Crippen LogP contribution in [0.4, 0.5) is 0 Å². The lowest BCUT2D eigenvalue weighted by Gasteiger charge is -2.21. The van der Waals surface area contributed by atoms with Crippen molar-refractivity contribution >= 4 is 5.91 Å². The summed E-state index contributed by atoms with van der Waals surface area (Å²) in [4.78, 5) is 12.9. The molecule has 1 unspecified atom stereocenters. The van der Waals surface area contributed by atoms with E-state index in [1.54, 1.807) is 14.0 Å². The quantitative estimate of drug-likeness (QED) is 0.683. The molecule has 0 bridgehead atoms. The van der Waals surface area contributed by atoms with Gasteiger partial charge in [0, 0.05) is 13.6 Å². The molecule has 2 N–H and O–H groups in total. The first kappa shape index (κ1) is 11.9. The minimum absolute atomic E-state index is 0.0930. The number of amides is 1. The summed E-state index contributed by atoms with van der Waals surface area (Å²) < 4.78 is 0. The Morgan fingerprint density at radius 3 is 2.62 bits per heavy atom. The molecule has 1 amide bonds. The molecule has 0 spiro atoms. The van der Waals surface area contributed by atoms with Crippen LogP contribution in [0.3, 0.4) is 0 Å². The van der Waals surface area contributed by atoms with Gasteiger partial charge in [-0.25, -0.2) is 0 Å². The Bertz CT molecular complexity index is 209. The van der Waals surface area contributed by atoms with Crippen LogP contribution >= 0.6 is 0 Å². The molecule has 0 fully saturated rings. The zero-order valence-corrected chi connectivity index (χ0v) is 8.45. The zero-order chi connectivity index (χ0) is 10.4. The average molecular weight is 183 g/mol. The molecule has 0 aliphatic carbocycles. The molecule has 0 heterocycles. The van der Waals surface area contributed by atoms with Gasteiger partial charge in [0.2, 0.25) is 5.91 Å². The van der Waals surface area contributed by atoms with E-state index in [1.807, 2.05) is 6.92 Å². The highest BCUT2D eigenvalue weighted by molar-refractivity contribution is 5.81. The Morgan fingerprint density at radius 1 is 1.69 bits per heavy atom. The third-order valence-electron chi connectivity index (χ3n) is 1.90. The van der Waals surface area contributed by atoms with Gasteiger partial charge in [-0.05, 0) is 13.3 Å². The van der Waals surface area contributed by atoms with Gasteiger partial charge in [0.25, 0.3) is 0 Å². The maximum absolute atomic E-state index is 11.4. The summed E-state index contributed by atoms with van der Waals surface area (Å²) in [6.45, 7) is 4.09. The van der Waals surface area contributed by atoms with Crippen LogP contribution in [0, 0.1) is 17.2 Å². The Morgan fingerprint density at radius 2 is 2.23 bits per heavy atom. The number of nitriles is 1. The second kappa shape index (κ2) is 5.55. The molecule has 0 aromatic carbocycles. The van der Waals surface area contributed by atoms with Crippen molar-refractivity contribution in [2.45, 2.75) is 26.3 Å². The van der Waals surface area contributed by atoms with Gasteiger partial charge in [-0.1, -0.05) is 6.92 Å². The maximum Gasteiger partial charge on any atom is 0.239 e. The van der Waals surface area contributed by atoms with Gasteiger partial charge >= 0.3 is 0 Å². The van der Waals surface area contributed by atoms with Crippen molar-refractivity contribution < 1.29 is 4.79 Å². The predicted octanol–water partition coefficient (Wildman–Crippen LogP) is 0.342. The molecule has 0 aromatic rings. The van der Waals surface area contributed by atoms with E-state index in [9.17, 15) is 4.79 Å². The van der Waals surface area contributed by atoms with Crippen molar-refractivity contribution in [3.8, 4) is 6.07 Å². The van der Waals surface area contributed by atoms with Gasteiger partial charge in [0.1, 0.15) is 0 Å². The topological polar surface area (TPSA) is 70.1 Å². The summed E-state index contributed by atoms with van der Waals surface area (Å²) in [6.07, 6.45) is 0.629. The highest BCUT2D eigenvalue weighted by Gasteiger charge is 2.17. The van der Waals surface area contributed by atoms with Crippen molar-refractivity contribution in [1.82, 2.24) is 4.90 Å². The van der Waals surface area contributed by atoms with E-state index < -0.39 is 6.04 Å². The summed E-state index contributed by atoms with van der Waals surface area (Å²) in [7, 11) is 1.67. The molecule has 0 aliphatic rings. The Hall–Kier alpha value is -1.08. The molecule has 13 heavy (non-hydrogen) atoms. The SMILES string of the molecule is CC[C@H](N)C(=O)N(C)CC(C)C#N. The molecule has 0 aliphatic heterocycles. The molecule has 4 nitrogen and oxygen atoms in total. The van der Waals surface area contributed by atoms with Crippen molar-refractivity contribution in [2.75, 3.05) is 13.6 Å². The predicted molar refractivity (Wildman–Crippen MR) is 50.7 cm³/mol. The lowest BCUT2D eigenvalue weighted by atomic mass is 10.1. The molecule has 0 saturated carbocycles. The fourth-order valence-electron chi connectivity index (χ4n) is 0.999. The molecule has 0 rings (SSSR count). The van der Waals surface area contributed by atoms with Crippen LogP contribution in [0.5, 0.6) is 0 Å². The number of likely N-dealkylation sites (N-methyl/N-ethyl adjacent to an activating group) is 1. The van der Waals surface area contributed by atoms with Gasteiger partial charge in [0.05, 0.1) is 18.0 Å². The molecule has 0 radical (unpaired) electrons. The van der Waals surface area contributed by atoms with Gasteiger partial charge in [-0.2, -0.15) is 5.26 Å². The van der Waals surface area contributed by atoms with Crippen LogP contribution in [-0.4, -0.2) is 30.4 Å². The third kappa shape index (κ3) is 3.90. The second-order valence-corrected chi connectivity index (χ2v) is 3.26. The first-order chi connectivity index (χ1) is 6.02. The highest BCUT2D eigenvalue weighted by atomic mass is 16.2. The van der Waals surface area contributed by atoms with Gasteiger partial charge in [0.15, 0.2) is 0 Å². The standard InChI is InChI=1S/C9H17N3O/c1-4-8(11)9(13)12(3)6-7(2)5-10/h7-8H,4,6,11H2,1-3H3/t7?,8-/m0/s1. The van der Waals surface area contributed by atoms with Crippen molar-refractivity contribution in [2.24, 2.45) is 11.7 Å². The van der Waals surface area contributed by atoms with Crippen molar-refractivity contribution in [3.63, 3.8) is 0 Å². The molecular formula is C9H17N3O. The van der Waals surface area contributed by atoms with Crippen LogP contribution < -0.4 is 5.73 Å². The number of nitrogens with zero attached hydrogens (tertiary/aromatic N) is 2. The number of carbonyl (C=O) groups excluding carboxylic acids is 1. The normalized spacial score (nSPS) is 14.4. The fourth-order valence-corrected chi connectivity index (χ4v) is 0.999. The zero-order valence-electron chi connectivity index (χ0n) is 8.45. The molecule has 74 valence electrons. The number of rotatable bonds is 4. The van der Waals surface area contributed by atoms with Gasteiger partial charge in [-0.15, -0.1) is 0 Å². The van der Waals surface area contributed by atoms with Crippen LogP contribution in [0.25, 0.3) is 0 Å². The summed E-state index contributed by atoms with van der Waals surface area (Å²) >= 11 is 0. The second-order valence-electron chi connectivity index (χ2n) is 3.26. The molecule has 0 aromatic heterocycles. The smallest absolute Gasteiger partial charge is 0.239 e. The third-order valence-corrected chi connectivity index (χ3v) is 1.90. The summed E-state index contributed by atoms with van der Waals surface area (Å²) in [6, 6.07) is 1.64. The van der Waals surface area contributed by atoms with E-state index in [-0.39, 0.29) is 11.8 Å². The van der Waals surface area contributed by atoms with Crippen LogP contribution in [0.1, 0.15) is 20.3 Å². The summed E-state index contributed by atoms with van der Waals surface area (Å²) in [5, 5.41) is 8.54. The van der Waals surface area contributed by atoms with E-state index in [0.29, 0.717) is 13.0 Å². The maximum atomic E-state index is 11.4. The number of hydrogen-bond acceptors (Lipinski definition) is 3. The lowest BCUT2D eigenvalue weighted by Crippen LogP contribution is -2.42. The summed E-state index contributed by atoms with van der Waals surface area (Å²) in [5.74, 6) is -0.234. The number of nitrogens with two attached hydrogens (primary N) is 1. The molecular weight excluding hydrogens is 166 g/mol. The van der Waals surface area contributed by atoms with E-state index in [2.05, 4.69) is 6.07 Å². The fraction of sp³-hybridized carbons (Fsp3) is 0.778. The van der Waals surface area contributed by atoms with E-state index >= 15 is 0 Å². The minimum Gasteiger partial charge on any atom is -0.343 e. The monoisotopic (exact) mass is 183 g/mol. The first-order valence-electron chi connectivity index (χ1n) is 4.43. The number of hydrogen-bond donors (Lipinski definition) is 1. The van der Waals surface area contributed by atoms with Crippen molar-refractivity contribution in [3.05, 3.63) is 0 Å². The molecule has 0 saturated heterocycles. The van der Waals surface area contributed by atoms with Crippen LogP contribution in [-0.2, 0) is 4.79 Å². The van der Waals surface area contributed by atoms with E-state index in [1.165, 1.54) is 4.90 Å². The van der Waals surface area contributed by atoms with E-state index in [0.717, 1.165) is 0 Å².